The predicted octanol–water partition coefficient (Wildman–Crippen LogP) is 3.03. The van der Waals surface area contributed by atoms with E-state index in [9.17, 15) is 9.59 Å². The van der Waals surface area contributed by atoms with E-state index < -0.39 is 0 Å². The van der Waals surface area contributed by atoms with Crippen molar-refractivity contribution in [2.24, 2.45) is 11.8 Å². The van der Waals surface area contributed by atoms with Crippen LogP contribution in [0.2, 0.25) is 0 Å². The number of carbonyl (C=O) groups excluding carboxylic acids is 2. The Morgan fingerprint density at radius 3 is 2.61 bits per heavy atom. The fourth-order valence-corrected chi connectivity index (χ4v) is 2.93. The lowest BCUT2D eigenvalue weighted by Crippen LogP contribution is -2.41. The minimum Gasteiger partial charge on any atom is -0.472 e. The molecule has 1 aliphatic heterocycles. The lowest BCUT2D eigenvalue weighted by molar-refractivity contribution is -0.132. The van der Waals surface area contributed by atoms with Crippen molar-refractivity contribution in [2.75, 3.05) is 26.2 Å². The summed E-state index contributed by atoms with van der Waals surface area (Å²) < 4.78 is 5.00. The van der Waals surface area contributed by atoms with Gasteiger partial charge in [-0.15, -0.1) is 0 Å². The van der Waals surface area contributed by atoms with Crippen LogP contribution in [0.1, 0.15) is 50.4 Å². The van der Waals surface area contributed by atoms with Gasteiger partial charge in [-0.1, -0.05) is 20.8 Å². The molecule has 0 radical (unpaired) electrons. The lowest BCUT2D eigenvalue weighted by atomic mass is 9.99. The summed E-state index contributed by atoms with van der Waals surface area (Å²) in [5.41, 5.74) is 0.546. The van der Waals surface area contributed by atoms with Gasteiger partial charge in [-0.25, -0.2) is 0 Å². The lowest BCUT2D eigenvalue weighted by Gasteiger charge is -2.31. The smallest absolute Gasteiger partial charge is 0.257 e. The maximum atomic E-state index is 12.5. The number of hydrogen-bond acceptors (Lipinski definition) is 3. The third-order valence-electron chi connectivity index (χ3n) is 4.37. The molecule has 128 valence electrons. The first-order valence-corrected chi connectivity index (χ1v) is 8.56. The van der Waals surface area contributed by atoms with Gasteiger partial charge in [0.15, 0.2) is 0 Å². The molecule has 1 aromatic heterocycles. The second kappa shape index (κ2) is 8.18. The third kappa shape index (κ3) is 5.12. The molecular formula is C18H28N2O3. The first kappa shape index (κ1) is 17.6. The van der Waals surface area contributed by atoms with Gasteiger partial charge in [-0.2, -0.15) is 0 Å². The molecule has 0 aromatic carbocycles. The summed E-state index contributed by atoms with van der Waals surface area (Å²) in [6, 6.07) is 1.67. The van der Waals surface area contributed by atoms with Crippen LogP contribution >= 0.6 is 0 Å². The van der Waals surface area contributed by atoms with Crippen LogP contribution in [0, 0.1) is 11.8 Å². The molecule has 0 bridgehead atoms. The second-order valence-corrected chi connectivity index (χ2v) is 6.97. The number of hydrogen-bond donors (Lipinski definition) is 0. The fraction of sp³-hybridized carbons (Fsp3) is 0.667. The molecule has 1 aromatic rings. The van der Waals surface area contributed by atoms with Crippen LogP contribution in [-0.4, -0.2) is 47.8 Å². The number of furan rings is 1. The van der Waals surface area contributed by atoms with Gasteiger partial charge in [0.1, 0.15) is 6.26 Å². The minimum absolute atomic E-state index is 0.0625. The molecule has 1 saturated heterocycles. The molecule has 1 aliphatic rings. The fourth-order valence-electron chi connectivity index (χ4n) is 2.93. The van der Waals surface area contributed by atoms with E-state index in [1.165, 1.54) is 12.5 Å². The van der Waals surface area contributed by atoms with Gasteiger partial charge in [0.05, 0.1) is 11.8 Å². The van der Waals surface area contributed by atoms with E-state index in [2.05, 4.69) is 20.8 Å². The Morgan fingerprint density at radius 2 is 2.04 bits per heavy atom. The van der Waals surface area contributed by atoms with Gasteiger partial charge in [-0.3, -0.25) is 9.59 Å². The highest BCUT2D eigenvalue weighted by molar-refractivity contribution is 5.94. The summed E-state index contributed by atoms with van der Waals surface area (Å²) in [5.74, 6) is 1.16. The molecule has 0 spiro atoms. The Kier molecular flexibility index (Phi) is 6.25. The average Bonchev–Trinajstić information content (AvgIpc) is 3.05. The zero-order chi connectivity index (χ0) is 16.8. The summed E-state index contributed by atoms with van der Waals surface area (Å²) in [6.07, 6.45) is 5.51. The molecule has 2 amide bonds. The molecule has 2 heterocycles. The summed E-state index contributed by atoms with van der Waals surface area (Å²) in [6.45, 7) is 9.18. The van der Waals surface area contributed by atoms with Gasteiger partial charge >= 0.3 is 0 Å². The number of likely N-dealkylation sites (tertiary alicyclic amines) is 1. The topological polar surface area (TPSA) is 53.8 Å². The Hall–Kier alpha value is -1.78. The normalized spacial score (nSPS) is 15.9. The van der Waals surface area contributed by atoms with Crippen molar-refractivity contribution in [1.29, 1.82) is 0 Å². The predicted molar refractivity (Wildman–Crippen MR) is 89.0 cm³/mol. The van der Waals surface area contributed by atoms with Gasteiger partial charge in [-0.05, 0) is 30.7 Å². The minimum atomic E-state index is -0.0625. The average molecular weight is 320 g/mol. The summed E-state index contributed by atoms with van der Waals surface area (Å²) >= 11 is 0. The Labute approximate surface area is 138 Å². The van der Waals surface area contributed by atoms with Gasteiger partial charge in [0.25, 0.3) is 5.91 Å². The first-order chi connectivity index (χ1) is 11.0. The number of piperidine rings is 1. The van der Waals surface area contributed by atoms with Gasteiger partial charge < -0.3 is 14.2 Å². The second-order valence-electron chi connectivity index (χ2n) is 6.97. The molecular weight excluding hydrogens is 292 g/mol. The maximum Gasteiger partial charge on any atom is 0.257 e. The highest BCUT2D eigenvalue weighted by Crippen LogP contribution is 2.17. The number of amides is 2. The SMILES string of the molecule is CC(C)CN(CCC(=O)N1CCC(C)CC1)C(=O)c1ccoc1. The molecule has 1 fully saturated rings. The molecule has 5 heteroatoms. The van der Waals surface area contributed by atoms with E-state index in [4.69, 9.17) is 4.42 Å². The molecule has 5 nitrogen and oxygen atoms in total. The number of nitrogens with zero attached hydrogens (tertiary/aromatic N) is 2. The Balaban J connectivity index is 1.90. The molecule has 0 N–H and O–H groups in total. The van der Waals surface area contributed by atoms with Crippen LogP contribution in [-0.2, 0) is 4.79 Å². The van der Waals surface area contributed by atoms with Crippen LogP contribution in [0.25, 0.3) is 0 Å². The highest BCUT2D eigenvalue weighted by atomic mass is 16.3. The van der Waals surface area contributed by atoms with Crippen LogP contribution < -0.4 is 0 Å². The van der Waals surface area contributed by atoms with Crippen LogP contribution in [0.5, 0.6) is 0 Å². The van der Waals surface area contributed by atoms with Crippen molar-refractivity contribution in [3.8, 4) is 0 Å². The maximum absolute atomic E-state index is 12.5. The van der Waals surface area contributed by atoms with Gasteiger partial charge in [0.2, 0.25) is 5.91 Å². The molecule has 23 heavy (non-hydrogen) atoms. The molecule has 0 atom stereocenters. The van der Waals surface area contributed by atoms with E-state index in [0.717, 1.165) is 25.9 Å². The molecule has 2 rings (SSSR count). The first-order valence-electron chi connectivity index (χ1n) is 8.56. The third-order valence-corrected chi connectivity index (χ3v) is 4.37. The van der Waals surface area contributed by atoms with E-state index in [-0.39, 0.29) is 11.8 Å². The standard InChI is InChI=1S/C18H28N2O3/c1-14(2)12-20(18(22)16-7-11-23-13-16)10-6-17(21)19-8-4-15(3)5-9-19/h7,11,13-15H,4-6,8-10,12H2,1-3H3. The van der Waals surface area contributed by atoms with Gasteiger partial charge in [0, 0.05) is 32.6 Å². The zero-order valence-electron chi connectivity index (χ0n) is 14.5. The Bertz CT molecular complexity index is 502. The highest BCUT2D eigenvalue weighted by Gasteiger charge is 2.23. The zero-order valence-corrected chi connectivity index (χ0v) is 14.5. The van der Waals surface area contributed by atoms with Crippen LogP contribution in [0.4, 0.5) is 0 Å². The van der Waals surface area contributed by atoms with Crippen LogP contribution in [0.15, 0.2) is 23.0 Å². The summed E-state index contributed by atoms with van der Waals surface area (Å²) in [4.78, 5) is 28.6. The van der Waals surface area contributed by atoms with E-state index in [1.807, 2.05) is 4.90 Å². The monoisotopic (exact) mass is 320 g/mol. The van der Waals surface area contributed by atoms with E-state index >= 15 is 0 Å². The van der Waals surface area contributed by atoms with Crippen molar-refractivity contribution in [3.05, 3.63) is 24.2 Å². The largest absolute Gasteiger partial charge is 0.472 e. The van der Waals surface area contributed by atoms with E-state index in [0.29, 0.717) is 36.9 Å². The van der Waals surface area contributed by atoms with Crippen LogP contribution in [0.3, 0.4) is 0 Å². The van der Waals surface area contributed by atoms with Crippen molar-refractivity contribution in [2.45, 2.75) is 40.0 Å². The quantitative estimate of drug-likeness (QED) is 0.809. The summed E-state index contributed by atoms with van der Waals surface area (Å²) in [5, 5.41) is 0. The van der Waals surface area contributed by atoms with Crippen molar-refractivity contribution in [3.63, 3.8) is 0 Å². The molecule has 0 saturated carbocycles. The number of carbonyl (C=O) groups is 2. The summed E-state index contributed by atoms with van der Waals surface area (Å²) in [7, 11) is 0. The van der Waals surface area contributed by atoms with Crippen molar-refractivity contribution >= 4 is 11.8 Å². The Morgan fingerprint density at radius 1 is 1.35 bits per heavy atom. The molecule has 0 aliphatic carbocycles. The molecule has 0 unspecified atom stereocenters. The van der Waals surface area contributed by atoms with E-state index in [1.54, 1.807) is 11.0 Å². The van der Waals surface area contributed by atoms with Crippen molar-refractivity contribution in [1.82, 2.24) is 9.80 Å². The number of rotatable bonds is 6. The van der Waals surface area contributed by atoms with Crippen molar-refractivity contribution < 1.29 is 14.0 Å².